The maximum absolute atomic E-state index is 12.0. The van der Waals surface area contributed by atoms with Crippen molar-refractivity contribution in [2.75, 3.05) is 6.61 Å². The molecule has 3 rings (SSSR count). The third-order valence-corrected chi connectivity index (χ3v) is 4.43. The van der Waals surface area contributed by atoms with E-state index in [1.165, 1.54) is 0 Å². The minimum Gasteiger partial charge on any atom is -0.484 e. The van der Waals surface area contributed by atoms with Gasteiger partial charge in [-0.05, 0) is 35.1 Å². The van der Waals surface area contributed by atoms with Gasteiger partial charge in [-0.1, -0.05) is 56.3 Å². The summed E-state index contributed by atoms with van der Waals surface area (Å²) in [5.74, 6) is 0.436. The van der Waals surface area contributed by atoms with E-state index in [-0.39, 0.29) is 23.7 Å². The van der Waals surface area contributed by atoms with Crippen LogP contribution in [0.4, 0.5) is 0 Å². The zero-order valence-electron chi connectivity index (χ0n) is 15.7. The second kappa shape index (κ2) is 8.16. The first-order valence-corrected chi connectivity index (χ1v) is 9.06. The van der Waals surface area contributed by atoms with E-state index in [1.807, 2.05) is 68.4 Å². The van der Waals surface area contributed by atoms with Crippen molar-refractivity contribution >= 4 is 17.4 Å². The lowest BCUT2D eigenvalue weighted by molar-refractivity contribution is -0.123. The maximum atomic E-state index is 12.0. The number of carbonyl (C=O) groups excluding carboxylic acids is 2. The molecule has 0 spiro atoms. The molecule has 0 unspecified atom stereocenters. The predicted molar refractivity (Wildman–Crippen MR) is 106 cm³/mol. The van der Waals surface area contributed by atoms with E-state index in [0.29, 0.717) is 25.0 Å². The van der Waals surface area contributed by atoms with Gasteiger partial charge < -0.3 is 4.74 Å². The summed E-state index contributed by atoms with van der Waals surface area (Å²) in [7, 11) is 0. The summed E-state index contributed by atoms with van der Waals surface area (Å²) < 4.78 is 5.51. The molecule has 0 atom stereocenters. The minimum absolute atomic E-state index is 0.101. The molecule has 140 valence electrons. The number of rotatable bonds is 5. The predicted octanol–water partition coefficient (Wildman–Crippen LogP) is 3.98. The number of hydrogen-bond acceptors (Lipinski definition) is 4. The van der Waals surface area contributed by atoms with Gasteiger partial charge in [0.05, 0.1) is 0 Å². The number of hydrazone groups is 1. The molecule has 0 heterocycles. The molecule has 0 radical (unpaired) electrons. The Balaban J connectivity index is 1.50. The summed E-state index contributed by atoms with van der Waals surface area (Å²) in [6, 6.07) is 17.6. The third-order valence-electron chi connectivity index (χ3n) is 4.43. The van der Waals surface area contributed by atoms with Gasteiger partial charge in [0.2, 0.25) is 0 Å². The van der Waals surface area contributed by atoms with Crippen LogP contribution >= 0.6 is 0 Å². The molecule has 1 fully saturated rings. The average Bonchev–Trinajstić information content (AvgIpc) is 2.64. The van der Waals surface area contributed by atoms with Crippen molar-refractivity contribution in [1.29, 1.82) is 0 Å². The molecule has 1 aliphatic carbocycles. The first kappa shape index (κ1) is 18.8. The zero-order chi connectivity index (χ0) is 19.3. The number of ether oxygens (including phenoxy) is 1. The smallest absolute Gasteiger partial charge is 0.277 e. The quantitative estimate of drug-likeness (QED) is 0.816. The average molecular weight is 364 g/mol. The van der Waals surface area contributed by atoms with Gasteiger partial charge in [-0.25, -0.2) is 5.43 Å². The van der Waals surface area contributed by atoms with Gasteiger partial charge in [0, 0.05) is 18.6 Å². The largest absolute Gasteiger partial charge is 0.484 e. The van der Waals surface area contributed by atoms with Gasteiger partial charge in [-0.15, -0.1) is 0 Å². The number of carbonyl (C=O) groups is 2. The Hall–Kier alpha value is -2.95. The molecule has 0 aromatic heterocycles. The van der Waals surface area contributed by atoms with Crippen molar-refractivity contribution < 1.29 is 14.3 Å². The Bertz CT molecular complexity index is 840. The number of nitrogens with one attached hydrogen (secondary N) is 1. The van der Waals surface area contributed by atoms with E-state index in [0.717, 1.165) is 16.8 Å². The van der Waals surface area contributed by atoms with Crippen LogP contribution in [0, 0.1) is 5.41 Å². The number of Topliss-reactive ketones (excluding diaryl/α,β-unsaturated/α-hetero) is 1. The van der Waals surface area contributed by atoms with E-state index >= 15 is 0 Å². The third kappa shape index (κ3) is 5.51. The van der Waals surface area contributed by atoms with Crippen LogP contribution in [0.2, 0.25) is 0 Å². The molecule has 1 N–H and O–H groups in total. The number of benzene rings is 2. The second-order valence-corrected chi connectivity index (χ2v) is 7.63. The van der Waals surface area contributed by atoms with Gasteiger partial charge in [0.1, 0.15) is 11.5 Å². The fourth-order valence-electron chi connectivity index (χ4n) is 3.28. The molecule has 5 nitrogen and oxygen atoms in total. The monoisotopic (exact) mass is 364 g/mol. The number of hydrogen-bond donors (Lipinski definition) is 1. The first-order valence-electron chi connectivity index (χ1n) is 9.06. The molecule has 2 aromatic rings. The Morgan fingerprint density at radius 1 is 1.04 bits per heavy atom. The van der Waals surface area contributed by atoms with Gasteiger partial charge in [0.25, 0.3) is 5.91 Å². The van der Waals surface area contributed by atoms with Crippen LogP contribution in [-0.2, 0) is 9.59 Å². The molecule has 27 heavy (non-hydrogen) atoms. The Morgan fingerprint density at radius 2 is 1.70 bits per heavy atom. The van der Waals surface area contributed by atoms with Crippen molar-refractivity contribution in [2.45, 2.75) is 33.1 Å². The Morgan fingerprint density at radius 3 is 2.37 bits per heavy atom. The summed E-state index contributed by atoms with van der Waals surface area (Å²) >= 11 is 0. The van der Waals surface area contributed by atoms with Crippen molar-refractivity contribution in [3.8, 4) is 16.9 Å². The van der Waals surface area contributed by atoms with Crippen LogP contribution in [0.3, 0.4) is 0 Å². The summed E-state index contributed by atoms with van der Waals surface area (Å²) in [5, 5.41) is 4.11. The molecule has 0 aliphatic heterocycles. The van der Waals surface area contributed by atoms with Crippen LogP contribution in [-0.4, -0.2) is 24.0 Å². The first-order chi connectivity index (χ1) is 12.9. The summed E-state index contributed by atoms with van der Waals surface area (Å²) in [6.07, 6.45) is 1.58. The highest BCUT2D eigenvalue weighted by Crippen LogP contribution is 2.31. The summed E-state index contributed by atoms with van der Waals surface area (Å²) in [5.41, 5.74) is 5.32. The molecular weight excluding hydrogens is 340 g/mol. The highest BCUT2D eigenvalue weighted by molar-refractivity contribution is 6.05. The summed E-state index contributed by atoms with van der Waals surface area (Å²) in [6.45, 7) is 3.94. The zero-order valence-corrected chi connectivity index (χ0v) is 15.7. The lowest BCUT2D eigenvalue weighted by atomic mass is 9.76. The standard InChI is InChI=1S/C22H24N2O3/c1-22(2)13-18(12-19(25)14-22)23-24-21(26)15-27-20-10-8-17(9-11-20)16-6-4-3-5-7-16/h3-11H,12-15H2,1-2H3,(H,24,26)/b23-18+. The van der Waals surface area contributed by atoms with Crippen LogP contribution in [0.1, 0.15) is 33.1 Å². The SMILES string of the molecule is CC1(C)CC(=O)C/C(=N\NC(=O)COc2ccc(-c3ccccc3)cc2)C1. The Kier molecular flexibility index (Phi) is 5.69. The number of amides is 1. The van der Waals surface area contributed by atoms with Gasteiger partial charge in [-0.3, -0.25) is 9.59 Å². The van der Waals surface area contributed by atoms with Crippen LogP contribution in [0.5, 0.6) is 5.75 Å². The number of nitrogens with zero attached hydrogens (tertiary/aromatic N) is 1. The van der Waals surface area contributed by atoms with Crippen LogP contribution in [0.15, 0.2) is 59.7 Å². The molecule has 1 aliphatic rings. The van der Waals surface area contributed by atoms with Crippen molar-refractivity contribution in [3.63, 3.8) is 0 Å². The van der Waals surface area contributed by atoms with Gasteiger partial charge >= 0.3 is 0 Å². The fraction of sp³-hybridized carbons (Fsp3) is 0.318. The molecule has 0 bridgehead atoms. The normalized spacial score (nSPS) is 17.6. The van der Waals surface area contributed by atoms with Gasteiger partial charge in [-0.2, -0.15) is 5.10 Å². The molecule has 1 saturated carbocycles. The van der Waals surface area contributed by atoms with E-state index in [2.05, 4.69) is 10.5 Å². The lowest BCUT2D eigenvalue weighted by Gasteiger charge is -2.28. The Labute approximate surface area is 159 Å². The van der Waals surface area contributed by atoms with Crippen LogP contribution in [0.25, 0.3) is 11.1 Å². The van der Waals surface area contributed by atoms with Crippen molar-refractivity contribution in [1.82, 2.24) is 5.43 Å². The molecule has 1 amide bonds. The van der Waals surface area contributed by atoms with E-state index < -0.39 is 0 Å². The molecule has 0 saturated heterocycles. The lowest BCUT2D eigenvalue weighted by Crippen LogP contribution is -2.32. The topological polar surface area (TPSA) is 67.8 Å². The van der Waals surface area contributed by atoms with Crippen molar-refractivity contribution in [2.24, 2.45) is 10.5 Å². The maximum Gasteiger partial charge on any atom is 0.277 e. The highest BCUT2D eigenvalue weighted by Gasteiger charge is 2.30. The molecule has 2 aromatic carbocycles. The summed E-state index contributed by atoms with van der Waals surface area (Å²) in [4.78, 5) is 23.7. The van der Waals surface area contributed by atoms with Gasteiger partial charge in [0.15, 0.2) is 6.61 Å². The van der Waals surface area contributed by atoms with E-state index in [4.69, 9.17) is 4.74 Å². The minimum atomic E-state index is -0.342. The molecule has 5 heteroatoms. The molecular formula is C22H24N2O3. The van der Waals surface area contributed by atoms with Crippen molar-refractivity contribution in [3.05, 3.63) is 54.6 Å². The number of ketones is 1. The fourth-order valence-corrected chi connectivity index (χ4v) is 3.28. The highest BCUT2D eigenvalue weighted by atomic mass is 16.5. The van der Waals surface area contributed by atoms with E-state index in [9.17, 15) is 9.59 Å². The van der Waals surface area contributed by atoms with E-state index in [1.54, 1.807) is 0 Å². The second-order valence-electron chi connectivity index (χ2n) is 7.63. The van der Waals surface area contributed by atoms with Crippen LogP contribution < -0.4 is 10.2 Å².